The summed E-state index contributed by atoms with van der Waals surface area (Å²) in [5.74, 6) is -3.68. The molecule has 0 radical (unpaired) electrons. The van der Waals surface area contributed by atoms with Gasteiger partial charge in [-0.15, -0.1) is 11.3 Å². The Morgan fingerprint density at radius 3 is 1.81 bits per heavy atom. The van der Waals surface area contributed by atoms with Crippen LogP contribution in [0.15, 0.2) is 12.1 Å². The van der Waals surface area contributed by atoms with Crippen LogP contribution in [-0.4, -0.2) is 28.3 Å². The third-order valence-electron chi connectivity index (χ3n) is 1.03. The van der Waals surface area contributed by atoms with Crippen molar-refractivity contribution in [2.45, 2.75) is 6.18 Å². The molecule has 0 aliphatic carbocycles. The smallest absolute Gasteiger partial charge is 0.477 e. The minimum absolute atomic E-state index is 0.278. The Bertz CT molecular complexity index is 387. The van der Waals surface area contributed by atoms with Gasteiger partial charge in [0.25, 0.3) is 0 Å². The molecule has 0 spiro atoms. The van der Waals surface area contributed by atoms with E-state index < -0.39 is 18.1 Å². The predicted molar refractivity (Wildman–Crippen MR) is 50.0 cm³/mol. The number of halogens is 4. The summed E-state index contributed by atoms with van der Waals surface area (Å²) in [4.78, 5) is 19.3. The number of rotatable bonds is 1. The Morgan fingerprint density at radius 2 is 1.69 bits per heavy atom. The third-order valence-corrected chi connectivity index (χ3v) is 2.25. The Morgan fingerprint density at radius 1 is 1.25 bits per heavy atom. The van der Waals surface area contributed by atoms with E-state index in [9.17, 15) is 18.0 Å². The van der Waals surface area contributed by atoms with E-state index in [0.717, 1.165) is 11.3 Å². The lowest BCUT2D eigenvalue weighted by atomic mass is 10.5. The van der Waals surface area contributed by atoms with Gasteiger partial charge in [-0.25, -0.2) is 9.59 Å². The molecule has 2 N–H and O–H groups in total. The van der Waals surface area contributed by atoms with Gasteiger partial charge in [0.2, 0.25) is 0 Å². The number of aromatic carboxylic acids is 1. The molecule has 0 bridgehead atoms. The van der Waals surface area contributed by atoms with Crippen LogP contribution in [0.1, 0.15) is 9.67 Å². The standard InChI is InChI=1S/C5H3ClO2S.C2HF3O2/c6-4-2-1-3(9-4)5(7)8;3-2(4,5)1(6)7/h1-2H,(H,7,8);(H,6,7). The molecule has 0 unspecified atom stereocenters. The quantitative estimate of drug-likeness (QED) is 0.827. The number of aliphatic carboxylic acids is 1. The van der Waals surface area contributed by atoms with Crippen molar-refractivity contribution in [3.05, 3.63) is 21.3 Å². The zero-order valence-electron chi connectivity index (χ0n) is 7.29. The van der Waals surface area contributed by atoms with Gasteiger partial charge < -0.3 is 10.2 Å². The van der Waals surface area contributed by atoms with Crippen LogP contribution < -0.4 is 0 Å². The number of alkyl halides is 3. The lowest BCUT2D eigenvalue weighted by molar-refractivity contribution is -0.192. The molecule has 1 aromatic rings. The highest BCUT2D eigenvalue weighted by molar-refractivity contribution is 7.17. The first-order valence-corrected chi connectivity index (χ1v) is 4.62. The van der Waals surface area contributed by atoms with E-state index in [1.165, 1.54) is 6.07 Å². The summed E-state index contributed by atoms with van der Waals surface area (Å²) in [6, 6.07) is 3.05. The molecule has 0 atom stereocenters. The second-order valence-corrected chi connectivity index (χ2v) is 3.93. The predicted octanol–water partition coefficient (Wildman–Crippen LogP) is 2.73. The average molecular weight is 277 g/mol. The average Bonchev–Trinajstić information content (AvgIpc) is 2.51. The maximum Gasteiger partial charge on any atom is 0.490 e. The van der Waals surface area contributed by atoms with E-state index >= 15 is 0 Å². The second-order valence-electron chi connectivity index (χ2n) is 2.21. The molecular weight excluding hydrogens is 273 g/mol. The van der Waals surface area contributed by atoms with Crippen molar-refractivity contribution in [3.63, 3.8) is 0 Å². The molecule has 9 heteroatoms. The Kier molecular flexibility index (Phi) is 5.25. The second kappa shape index (κ2) is 5.71. The maximum absolute atomic E-state index is 10.6. The van der Waals surface area contributed by atoms with Gasteiger partial charge in [0.05, 0.1) is 4.34 Å². The van der Waals surface area contributed by atoms with Crippen LogP contribution in [0.4, 0.5) is 13.2 Å². The molecule has 0 aliphatic heterocycles. The molecule has 0 aromatic carbocycles. The van der Waals surface area contributed by atoms with E-state index in [4.69, 9.17) is 26.6 Å². The molecule has 1 rings (SSSR count). The number of thiophene rings is 1. The van der Waals surface area contributed by atoms with E-state index in [1.54, 1.807) is 6.07 Å². The number of carboxylic acid groups (broad SMARTS) is 2. The fraction of sp³-hybridized carbons (Fsp3) is 0.143. The molecule has 90 valence electrons. The summed E-state index contributed by atoms with van der Waals surface area (Å²) >= 11 is 6.52. The SMILES string of the molecule is O=C(O)C(F)(F)F.O=C(O)c1ccc(Cl)s1. The van der Waals surface area contributed by atoms with Crippen LogP contribution in [0.5, 0.6) is 0 Å². The zero-order chi connectivity index (χ0) is 12.9. The van der Waals surface area contributed by atoms with E-state index in [-0.39, 0.29) is 4.88 Å². The van der Waals surface area contributed by atoms with Crippen LogP contribution in [-0.2, 0) is 4.79 Å². The van der Waals surface area contributed by atoms with E-state index in [0.29, 0.717) is 4.34 Å². The van der Waals surface area contributed by atoms with Crippen molar-refractivity contribution >= 4 is 34.9 Å². The van der Waals surface area contributed by atoms with Gasteiger partial charge in [0.1, 0.15) is 4.88 Å². The highest BCUT2D eigenvalue weighted by Gasteiger charge is 2.38. The van der Waals surface area contributed by atoms with Gasteiger partial charge in [-0.3, -0.25) is 0 Å². The Balaban J connectivity index is 0.000000293. The van der Waals surface area contributed by atoms with Gasteiger partial charge in [-0.2, -0.15) is 13.2 Å². The first kappa shape index (κ1) is 14.7. The van der Waals surface area contributed by atoms with Crippen molar-refractivity contribution in [1.82, 2.24) is 0 Å². The van der Waals surface area contributed by atoms with Gasteiger partial charge in [-0.1, -0.05) is 11.6 Å². The number of carboxylic acids is 2. The lowest BCUT2D eigenvalue weighted by Crippen LogP contribution is -2.21. The molecule has 0 saturated carbocycles. The molecule has 0 saturated heterocycles. The van der Waals surface area contributed by atoms with Crippen molar-refractivity contribution in [1.29, 1.82) is 0 Å². The molecule has 4 nitrogen and oxygen atoms in total. The van der Waals surface area contributed by atoms with E-state index in [2.05, 4.69) is 0 Å². The largest absolute Gasteiger partial charge is 0.490 e. The minimum atomic E-state index is -5.08. The fourth-order valence-corrected chi connectivity index (χ4v) is 1.31. The summed E-state index contributed by atoms with van der Waals surface area (Å²) in [6.07, 6.45) is -5.08. The van der Waals surface area contributed by atoms with Crippen molar-refractivity contribution in [3.8, 4) is 0 Å². The first-order chi connectivity index (χ1) is 7.14. The summed E-state index contributed by atoms with van der Waals surface area (Å²) in [5, 5.41) is 15.5. The normalized spacial score (nSPS) is 10.2. The van der Waals surface area contributed by atoms with E-state index in [1.807, 2.05) is 0 Å². The third kappa shape index (κ3) is 5.56. The van der Waals surface area contributed by atoms with Crippen molar-refractivity contribution in [2.75, 3.05) is 0 Å². The summed E-state index contributed by atoms with van der Waals surface area (Å²) in [5.41, 5.74) is 0. The summed E-state index contributed by atoms with van der Waals surface area (Å²) in [6.45, 7) is 0. The monoisotopic (exact) mass is 276 g/mol. The van der Waals surface area contributed by atoms with Crippen molar-refractivity contribution in [2.24, 2.45) is 0 Å². The molecule has 1 heterocycles. The van der Waals surface area contributed by atoms with Crippen LogP contribution >= 0.6 is 22.9 Å². The fourth-order valence-electron chi connectivity index (χ4n) is 0.429. The van der Waals surface area contributed by atoms with Crippen molar-refractivity contribution < 1.29 is 33.0 Å². The number of hydrogen-bond acceptors (Lipinski definition) is 3. The zero-order valence-corrected chi connectivity index (χ0v) is 8.86. The minimum Gasteiger partial charge on any atom is -0.477 e. The highest BCUT2D eigenvalue weighted by atomic mass is 35.5. The molecule has 1 aromatic heterocycles. The van der Waals surface area contributed by atoms with Crippen LogP contribution in [0, 0.1) is 0 Å². The summed E-state index contributed by atoms with van der Waals surface area (Å²) < 4.78 is 32.2. The molecule has 0 amide bonds. The molecular formula is C7H4ClF3O4S. The van der Waals surface area contributed by atoms with Gasteiger partial charge in [-0.05, 0) is 12.1 Å². The topological polar surface area (TPSA) is 74.6 Å². The lowest BCUT2D eigenvalue weighted by Gasteiger charge is -1.93. The summed E-state index contributed by atoms with van der Waals surface area (Å²) in [7, 11) is 0. The Hall–Kier alpha value is -1.28. The number of hydrogen-bond donors (Lipinski definition) is 2. The van der Waals surface area contributed by atoms with Crippen LogP contribution in [0.3, 0.4) is 0 Å². The van der Waals surface area contributed by atoms with Crippen LogP contribution in [0.2, 0.25) is 4.34 Å². The van der Waals surface area contributed by atoms with Gasteiger partial charge in [0.15, 0.2) is 0 Å². The highest BCUT2D eigenvalue weighted by Crippen LogP contribution is 2.20. The van der Waals surface area contributed by atoms with Gasteiger partial charge in [0, 0.05) is 0 Å². The van der Waals surface area contributed by atoms with Crippen LogP contribution in [0.25, 0.3) is 0 Å². The molecule has 0 aliphatic rings. The molecule has 0 fully saturated rings. The van der Waals surface area contributed by atoms with Gasteiger partial charge >= 0.3 is 18.1 Å². The number of carbonyl (C=O) groups is 2. The maximum atomic E-state index is 10.6. The Labute approximate surface area is 95.9 Å². The molecule has 16 heavy (non-hydrogen) atoms. The first-order valence-electron chi connectivity index (χ1n) is 3.43.